The monoisotopic (exact) mass is 531 g/mol. The first kappa shape index (κ1) is 33.0. The fourth-order valence-electron chi connectivity index (χ4n) is 2.08. The summed E-state index contributed by atoms with van der Waals surface area (Å²) < 4.78 is 0. The third kappa shape index (κ3) is 16.4. The molecule has 0 aliphatic heterocycles. The number of aromatic nitrogens is 2. The van der Waals surface area contributed by atoms with Crippen molar-refractivity contribution in [1.82, 2.24) is 9.97 Å². The molecule has 0 amide bonds. The zero-order chi connectivity index (χ0) is 25.4. The summed E-state index contributed by atoms with van der Waals surface area (Å²) in [6.45, 7) is 0. The van der Waals surface area contributed by atoms with Gasteiger partial charge in [0.2, 0.25) is 0 Å². The van der Waals surface area contributed by atoms with Crippen molar-refractivity contribution < 1.29 is 59.1 Å². The van der Waals surface area contributed by atoms with Crippen molar-refractivity contribution in [3.05, 3.63) is 54.1 Å². The molecule has 3 unspecified atom stereocenters. The molecule has 0 spiro atoms. The predicted molar refractivity (Wildman–Crippen MR) is 116 cm³/mol. The number of hydrogen-bond acceptors (Lipinski definition) is 8. The standard InChI is InChI=1S/C9H11NO2.C6H9N3O2.C5H9NO4.Zn/c10-8(9(11)12)6-7-4-2-1-3-5-7;7-5(6(10)11)1-4-2-8-3-9-4;6-3(5(9)10)1-2-4(7)8;/h1-5,8H,6,10H2,(H,11,12);2-3,5H,1,7H2,(H,8,9)(H,10,11);3H,1-2,6H2,(H,7,8)(H,9,10);. The topological polar surface area (TPSA) is 256 Å². The molecular formula is C20H29N5O8Zn. The molecule has 2 aromatic rings. The van der Waals surface area contributed by atoms with Crippen molar-refractivity contribution in [2.45, 2.75) is 43.8 Å². The Bertz CT molecular complexity index is 867. The van der Waals surface area contributed by atoms with Crippen LogP contribution in [0.2, 0.25) is 0 Å². The molecule has 1 heterocycles. The maximum absolute atomic E-state index is 10.4. The minimum atomic E-state index is -1.17. The third-order valence-corrected chi connectivity index (χ3v) is 3.91. The number of nitrogens with two attached hydrogens (primary N) is 3. The third-order valence-electron chi connectivity index (χ3n) is 3.91. The van der Waals surface area contributed by atoms with Gasteiger partial charge in [-0.05, 0) is 18.4 Å². The number of aromatic amines is 1. The van der Waals surface area contributed by atoms with Gasteiger partial charge in [-0.1, -0.05) is 30.3 Å². The Morgan fingerprint density at radius 3 is 1.74 bits per heavy atom. The van der Waals surface area contributed by atoms with Crippen LogP contribution in [-0.4, -0.2) is 72.4 Å². The number of benzene rings is 1. The van der Waals surface area contributed by atoms with Gasteiger partial charge in [-0.3, -0.25) is 19.2 Å². The van der Waals surface area contributed by atoms with Gasteiger partial charge >= 0.3 is 23.9 Å². The number of aliphatic carboxylic acids is 4. The van der Waals surface area contributed by atoms with Gasteiger partial charge in [-0.25, -0.2) is 4.98 Å². The van der Waals surface area contributed by atoms with Crippen LogP contribution in [0.3, 0.4) is 0 Å². The SMILES string of the molecule is NC(CCC(=O)O)C(=O)O.NC(Cc1ccccc1)C(=O)O.NC(Cc1cnc[nH]1)C(=O)O.[Zn]. The Hall–Kier alpha value is -3.19. The van der Waals surface area contributed by atoms with Crippen molar-refractivity contribution >= 4 is 23.9 Å². The van der Waals surface area contributed by atoms with Crippen molar-refractivity contribution in [2.24, 2.45) is 17.2 Å². The van der Waals surface area contributed by atoms with Gasteiger partial charge in [-0.15, -0.1) is 0 Å². The summed E-state index contributed by atoms with van der Waals surface area (Å²) in [5, 5.41) is 33.2. The molecule has 14 heteroatoms. The largest absolute Gasteiger partial charge is 0.481 e. The van der Waals surface area contributed by atoms with Crippen LogP contribution in [0.5, 0.6) is 0 Å². The van der Waals surface area contributed by atoms with Gasteiger partial charge in [0, 0.05) is 44.2 Å². The molecular weight excluding hydrogens is 504 g/mol. The van der Waals surface area contributed by atoms with Gasteiger partial charge in [0.25, 0.3) is 0 Å². The van der Waals surface area contributed by atoms with Crippen molar-refractivity contribution in [3.8, 4) is 0 Å². The second-order valence-electron chi connectivity index (χ2n) is 6.74. The molecule has 13 nitrogen and oxygen atoms in total. The number of carboxylic acids is 4. The van der Waals surface area contributed by atoms with Crippen LogP contribution in [0.15, 0.2) is 42.9 Å². The second kappa shape index (κ2) is 18.3. The van der Waals surface area contributed by atoms with Gasteiger partial charge in [-0.2, -0.15) is 0 Å². The van der Waals surface area contributed by atoms with E-state index in [9.17, 15) is 19.2 Å². The van der Waals surface area contributed by atoms with Gasteiger partial charge in [0.15, 0.2) is 0 Å². The van der Waals surface area contributed by atoms with E-state index in [1.54, 1.807) is 6.20 Å². The minimum Gasteiger partial charge on any atom is -0.481 e. The molecule has 0 bridgehead atoms. The fraction of sp³-hybridized carbons (Fsp3) is 0.350. The Kier molecular flexibility index (Phi) is 17.7. The number of rotatable bonds is 10. The number of H-pyrrole nitrogens is 1. The molecule has 0 fully saturated rings. The summed E-state index contributed by atoms with van der Waals surface area (Å²) in [4.78, 5) is 47.0. The van der Waals surface area contributed by atoms with Crippen molar-refractivity contribution in [2.75, 3.05) is 0 Å². The Morgan fingerprint density at radius 2 is 1.32 bits per heavy atom. The Morgan fingerprint density at radius 1 is 0.824 bits per heavy atom. The van der Waals surface area contributed by atoms with Crippen LogP contribution >= 0.6 is 0 Å². The molecule has 0 aliphatic carbocycles. The summed E-state index contributed by atoms with van der Waals surface area (Å²) in [5.74, 6) is -4.16. The number of hydrogen-bond donors (Lipinski definition) is 8. The van der Waals surface area contributed by atoms with E-state index in [2.05, 4.69) is 9.97 Å². The summed E-state index contributed by atoms with van der Waals surface area (Å²) in [6, 6.07) is 6.63. The molecule has 11 N–H and O–H groups in total. The molecule has 3 atom stereocenters. The number of carboxylic acid groups (broad SMARTS) is 4. The molecule has 184 valence electrons. The van der Waals surface area contributed by atoms with E-state index in [-0.39, 0.29) is 38.7 Å². The average Bonchev–Trinajstić information content (AvgIpc) is 3.26. The molecule has 2 rings (SSSR count). The summed E-state index contributed by atoms with van der Waals surface area (Å²) in [6.07, 6.45) is 3.50. The normalized spacial score (nSPS) is 12.2. The van der Waals surface area contributed by atoms with E-state index in [4.69, 9.17) is 37.6 Å². The number of nitrogens with one attached hydrogen (secondary N) is 1. The maximum atomic E-state index is 10.4. The van der Waals surface area contributed by atoms with Gasteiger partial charge in [0.05, 0.1) is 6.33 Å². The molecule has 0 radical (unpaired) electrons. The first-order chi connectivity index (χ1) is 15.4. The zero-order valence-corrected chi connectivity index (χ0v) is 21.4. The van der Waals surface area contributed by atoms with E-state index in [1.165, 1.54) is 6.33 Å². The van der Waals surface area contributed by atoms with E-state index in [1.807, 2.05) is 30.3 Å². The first-order valence-electron chi connectivity index (χ1n) is 9.62. The predicted octanol–water partition coefficient (Wildman–Crippen LogP) is -0.734. The molecule has 0 aliphatic rings. The quantitative estimate of drug-likeness (QED) is 0.176. The van der Waals surface area contributed by atoms with Crippen LogP contribution < -0.4 is 17.2 Å². The number of imidazole rings is 1. The van der Waals surface area contributed by atoms with Crippen LogP contribution in [0.1, 0.15) is 24.1 Å². The smallest absolute Gasteiger partial charge is 0.320 e. The second-order valence-corrected chi connectivity index (χ2v) is 6.74. The van der Waals surface area contributed by atoms with Crippen LogP contribution in [0, 0.1) is 0 Å². The molecule has 34 heavy (non-hydrogen) atoms. The maximum Gasteiger partial charge on any atom is 0.320 e. The van der Waals surface area contributed by atoms with Gasteiger partial charge in [0.1, 0.15) is 18.1 Å². The van der Waals surface area contributed by atoms with Crippen LogP contribution in [-0.2, 0) is 51.5 Å². The van der Waals surface area contributed by atoms with E-state index in [0.29, 0.717) is 6.42 Å². The number of carbonyl (C=O) groups is 4. The average molecular weight is 533 g/mol. The van der Waals surface area contributed by atoms with Crippen LogP contribution in [0.4, 0.5) is 0 Å². The van der Waals surface area contributed by atoms with E-state index >= 15 is 0 Å². The van der Waals surface area contributed by atoms with E-state index < -0.39 is 42.0 Å². The number of nitrogens with zero attached hydrogens (tertiary/aromatic N) is 1. The molecule has 0 saturated heterocycles. The summed E-state index contributed by atoms with van der Waals surface area (Å²) >= 11 is 0. The van der Waals surface area contributed by atoms with Crippen LogP contribution in [0.25, 0.3) is 0 Å². The van der Waals surface area contributed by atoms with Crippen molar-refractivity contribution in [3.63, 3.8) is 0 Å². The summed E-state index contributed by atoms with van der Waals surface area (Å²) in [5.41, 5.74) is 17.3. The molecule has 1 aromatic carbocycles. The Labute approximate surface area is 208 Å². The molecule has 0 saturated carbocycles. The minimum absolute atomic E-state index is 0. The van der Waals surface area contributed by atoms with Gasteiger partial charge < -0.3 is 42.6 Å². The zero-order valence-electron chi connectivity index (χ0n) is 18.4. The molecule has 1 aromatic heterocycles. The van der Waals surface area contributed by atoms with E-state index in [0.717, 1.165) is 11.3 Å². The Balaban J connectivity index is 0. The fourth-order valence-corrected chi connectivity index (χ4v) is 2.08. The first-order valence-corrected chi connectivity index (χ1v) is 9.62. The summed E-state index contributed by atoms with van der Waals surface area (Å²) in [7, 11) is 0. The van der Waals surface area contributed by atoms with Crippen molar-refractivity contribution in [1.29, 1.82) is 0 Å².